The molecule has 2 rings (SSSR count). The number of benzene rings is 1. The molecule has 2 nitrogen and oxygen atoms in total. The maximum absolute atomic E-state index is 11.8. The molecule has 3 heteroatoms. The molecule has 17 heavy (non-hydrogen) atoms. The number of carbonyl (C=O) groups excluding carboxylic acids is 1. The zero-order valence-corrected chi connectivity index (χ0v) is 11.3. The monoisotopic (exact) mass is 293 g/mol. The van der Waals surface area contributed by atoms with Crippen LogP contribution in [0, 0.1) is 0 Å². The number of Topliss-reactive ketones (excluding diaryl/α,β-unsaturated/α-hetero) is 1. The van der Waals surface area contributed by atoms with Crippen LogP contribution in [0.2, 0.25) is 0 Å². The number of carbonyl (C=O) groups is 1. The van der Waals surface area contributed by atoms with Crippen LogP contribution in [0.3, 0.4) is 0 Å². The lowest BCUT2D eigenvalue weighted by molar-refractivity contribution is -0.115. The number of hydrogen-bond acceptors (Lipinski definition) is 2. The average Bonchev–Trinajstić information content (AvgIpc) is 2.52. The Morgan fingerprint density at radius 2 is 2.00 bits per heavy atom. The van der Waals surface area contributed by atoms with Crippen molar-refractivity contribution in [3.8, 4) is 0 Å². The minimum absolute atomic E-state index is 0.296. The Kier molecular flexibility index (Phi) is 4.37. The van der Waals surface area contributed by atoms with E-state index < -0.39 is 0 Å². The van der Waals surface area contributed by atoms with Gasteiger partial charge >= 0.3 is 0 Å². The molecular formula is C14H16BrNO. The molecule has 0 radical (unpaired) electrons. The number of hydrogen-bond donors (Lipinski definition) is 1. The molecule has 1 aromatic rings. The van der Waals surface area contributed by atoms with Crippen molar-refractivity contribution >= 4 is 27.4 Å². The van der Waals surface area contributed by atoms with Crippen molar-refractivity contribution in [2.45, 2.75) is 32.1 Å². The molecule has 1 N–H and O–H groups in total. The van der Waals surface area contributed by atoms with E-state index in [2.05, 4.69) is 21.2 Å². The first-order chi connectivity index (χ1) is 8.25. The van der Waals surface area contributed by atoms with Crippen molar-refractivity contribution in [1.29, 1.82) is 0 Å². The van der Waals surface area contributed by atoms with Gasteiger partial charge in [-0.2, -0.15) is 0 Å². The Morgan fingerprint density at radius 1 is 1.18 bits per heavy atom. The van der Waals surface area contributed by atoms with Gasteiger partial charge in [-0.1, -0.05) is 28.4 Å². The van der Waals surface area contributed by atoms with E-state index in [-0.39, 0.29) is 0 Å². The summed E-state index contributed by atoms with van der Waals surface area (Å²) in [4.78, 5) is 11.8. The Hall–Kier alpha value is -1.09. The van der Waals surface area contributed by atoms with Crippen molar-refractivity contribution in [1.82, 2.24) is 0 Å². The van der Waals surface area contributed by atoms with E-state index in [1.54, 1.807) is 0 Å². The van der Waals surface area contributed by atoms with E-state index in [0.29, 0.717) is 12.2 Å². The molecule has 0 saturated heterocycles. The predicted molar refractivity (Wildman–Crippen MR) is 73.9 cm³/mol. The zero-order chi connectivity index (χ0) is 12.1. The molecule has 0 atom stereocenters. The number of rotatable bonds is 2. The summed E-state index contributed by atoms with van der Waals surface area (Å²) in [5.74, 6) is 0.296. The fraction of sp³-hybridized carbons (Fsp3) is 0.357. The molecule has 90 valence electrons. The maximum atomic E-state index is 11.8. The third-order valence-corrected chi connectivity index (χ3v) is 3.44. The molecule has 0 aromatic heterocycles. The summed E-state index contributed by atoms with van der Waals surface area (Å²) >= 11 is 3.42. The number of allylic oxidation sites excluding steroid dienone is 1. The molecule has 0 amide bonds. The van der Waals surface area contributed by atoms with E-state index >= 15 is 0 Å². The second-order valence-corrected chi connectivity index (χ2v) is 5.22. The van der Waals surface area contributed by atoms with Crippen LogP contribution in [-0.2, 0) is 4.79 Å². The topological polar surface area (TPSA) is 29.1 Å². The van der Waals surface area contributed by atoms with Crippen molar-refractivity contribution in [3.63, 3.8) is 0 Å². The van der Waals surface area contributed by atoms with Crippen LogP contribution in [0.5, 0.6) is 0 Å². The van der Waals surface area contributed by atoms with E-state index in [4.69, 9.17) is 0 Å². The second-order valence-electron chi connectivity index (χ2n) is 4.31. The highest BCUT2D eigenvalue weighted by Crippen LogP contribution is 2.20. The summed E-state index contributed by atoms with van der Waals surface area (Å²) in [6.07, 6.45) is 6.80. The summed E-state index contributed by atoms with van der Waals surface area (Å²) in [5, 5.41) is 3.20. The fourth-order valence-electron chi connectivity index (χ4n) is 1.98. The molecule has 0 bridgehead atoms. The van der Waals surface area contributed by atoms with Gasteiger partial charge in [0, 0.05) is 28.4 Å². The summed E-state index contributed by atoms with van der Waals surface area (Å²) < 4.78 is 1.04. The lowest BCUT2D eigenvalue weighted by atomic mass is 10.1. The van der Waals surface area contributed by atoms with Gasteiger partial charge in [0.1, 0.15) is 0 Å². The summed E-state index contributed by atoms with van der Waals surface area (Å²) in [6.45, 7) is 0. The Bertz CT molecular complexity index is 440. The maximum Gasteiger partial charge on any atom is 0.160 e. The van der Waals surface area contributed by atoms with Crippen molar-refractivity contribution < 1.29 is 4.79 Å². The standard InChI is InChI=1S/C14H16BrNO/c15-12-6-4-7-13(9-12)16-10-11-5-2-1-3-8-14(11)17/h4,6-7,9-10,16H,1-3,5,8H2/b11-10-. The largest absolute Gasteiger partial charge is 0.361 e. The first-order valence-corrected chi connectivity index (χ1v) is 6.79. The Labute approximate surface area is 110 Å². The molecule has 1 fully saturated rings. The van der Waals surface area contributed by atoms with Gasteiger partial charge in [0.2, 0.25) is 0 Å². The molecule has 0 heterocycles. The predicted octanol–water partition coefficient (Wildman–Crippen LogP) is 4.28. The van der Waals surface area contributed by atoms with Gasteiger partial charge in [-0.05, 0) is 37.5 Å². The van der Waals surface area contributed by atoms with Crippen LogP contribution in [-0.4, -0.2) is 5.78 Å². The van der Waals surface area contributed by atoms with Gasteiger partial charge in [0.15, 0.2) is 5.78 Å². The van der Waals surface area contributed by atoms with Gasteiger partial charge in [0.25, 0.3) is 0 Å². The molecule has 0 aliphatic heterocycles. The average molecular weight is 294 g/mol. The lowest BCUT2D eigenvalue weighted by Gasteiger charge is -2.05. The lowest BCUT2D eigenvalue weighted by Crippen LogP contribution is -2.02. The molecule has 0 unspecified atom stereocenters. The van der Waals surface area contributed by atoms with Crippen molar-refractivity contribution in [2.75, 3.05) is 5.32 Å². The van der Waals surface area contributed by atoms with Crippen LogP contribution in [0.15, 0.2) is 40.5 Å². The minimum atomic E-state index is 0.296. The van der Waals surface area contributed by atoms with Gasteiger partial charge in [-0.25, -0.2) is 0 Å². The normalized spacial score (nSPS) is 19.1. The van der Waals surface area contributed by atoms with E-state index in [1.165, 1.54) is 6.42 Å². The molecule has 1 aromatic carbocycles. The van der Waals surface area contributed by atoms with Gasteiger partial charge in [-0.15, -0.1) is 0 Å². The smallest absolute Gasteiger partial charge is 0.160 e. The Morgan fingerprint density at radius 3 is 2.82 bits per heavy atom. The van der Waals surface area contributed by atoms with Gasteiger partial charge in [0.05, 0.1) is 0 Å². The highest BCUT2D eigenvalue weighted by Gasteiger charge is 2.12. The first-order valence-electron chi connectivity index (χ1n) is 6.00. The van der Waals surface area contributed by atoms with Crippen LogP contribution in [0.25, 0.3) is 0 Å². The van der Waals surface area contributed by atoms with Gasteiger partial charge < -0.3 is 5.32 Å². The molecule has 1 saturated carbocycles. The van der Waals surface area contributed by atoms with Gasteiger partial charge in [-0.3, -0.25) is 4.79 Å². The van der Waals surface area contributed by atoms with E-state index in [0.717, 1.165) is 35.0 Å². The minimum Gasteiger partial charge on any atom is -0.361 e. The third kappa shape index (κ3) is 3.70. The van der Waals surface area contributed by atoms with E-state index in [9.17, 15) is 4.79 Å². The SMILES string of the molecule is O=C1CCCCC/C1=C/Nc1cccc(Br)c1. The summed E-state index contributed by atoms with van der Waals surface area (Å²) in [6, 6.07) is 7.94. The third-order valence-electron chi connectivity index (χ3n) is 2.95. The zero-order valence-electron chi connectivity index (χ0n) is 9.71. The highest BCUT2D eigenvalue weighted by atomic mass is 79.9. The first kappa shape index (κ1) is 12.4. The van der Waals surface area contributed by atoms with Crippen molar-refractivity contribution in [3.05, 3.63) is 40.5 Å². The second kappa shape index (κ2) is 6.01. The number of halogens is 1. The van der Waals surface area contributed by atoms with Crippen LogP contribution < -0.4 is 5.32 Å². The number of ketones is 1. The Balaban J connectivity index is 2.06. The van der Waals surface area contributed by atoms with Crippen LogP contribution in [0.1, 0.15) is 32.1 Å². The van der Waals surface area contributed by atoms with Crippen LogP contribution >= 0.6 is 15.9 Å². The van der Waals surface area contributed by atoms with E-state index in [1.807, 2.05) is 30.5 Å². The van der Waals surface area contributed by atoms with Crippen LogP contribution in [0.4, 0.5) is 5.69 Å². The molecule has 0 spiro atoms. The fourth-order valence-corrected chi connectivity index (χ4v) is 2.38. The molecule has 1 aliphatic rings. The highest BCUT2D eigenvalue weighted by molar-refractivity contribution is 9.10. The number of anilines is 1. The summed E-state index contributed by atoms with van der Waals surface area (Å²) in [5.41, 5.74) is 1.94. The molecule has 1 aliphatic carbocycles. The quantitative estimate of drug-likeness (QED) is 0.651. The summed E-state index contributed by atoms with van der Waals surface area (Å²) in [7, 11) is 0. The molecular weight excluding hydrogens is 278 g/mol. The number of nitrogens with one attached hydrogen (secondary N) is 1. The van der Waals surface area contributed by atoms with Crippen molar-refractivity contribution in [2.24, 2.45) is 0 Å².